The van der Waals surface area contributed by atoms with Crippen LogP contribution in [0, 0.1) is 12.7 Å². The summed E-state index contributed by atoms with van der Waals surface area (Å²) in [6.45, 7) is 5.44. The number of ether oxygens (including phenoxy) is 1. The number of aryl methyl sites for hydroxylation is 1. The molecule has 1 unspecified atom stereocenters. The van der Waals surface area contributed by atoms with Crippen molar-refractivity contribution >= 4 is 51.1 Å². The standard InChI is InChI=1S/C37H37ClFN7O3/c1-23-21-48-29(41-23)11-12-30(47)45-18-13-25(20-45)44(2)35-27-19-40-33(26-9-3-7-24-8-4-10-28(38)31(24)26)32(39)34(27)42-36(43-35)49-22-37-14-5-16-46(37)17-6-15-37/h3-4,7-12,19,21,25H,5-6,13-18,20,22H2,1-2H3/b12-11+. The lowest BCUT2D eigenvalue weighted by atomic mass is 9.95. The average molecular weight is 682 g/mol. The first kappa shape index (κ1) is 31.6. The van der Waals surface area contributed by atoms with Gasteiger partial charge in [0.1, 0.15) is 29.9 Å². The molecule has 1 amide bonds. The predicted octanol–water partition coefficient (Wildman–Crippen LogP) is 6.69. The molecule has 0 N–H and O–H groups in total. The van der Waals surface area contributed by atoms with Crippen LogP contribution in [0.3, 0.4) is 0 Å². The fourth-order valence-electron chi connectivity index (χ4n) is 7.82. The van der Waals surface area contributed by atoms with Gasteiger partial charge in [0.25, 0.3) is 0 Å². The number of benzene rings is 2. The number of carbonyl (C=O) groups is 1. The molecule has 12 heteroatoms. The van der Waals surface area contributed by atoms with Gasteiger partial charge in [0.2, 0.25) is 11.8 Å². The number of oxazole rings is 1. The smallest absolute Gasteiger partial charge is 0.319 e. The van der Waals surface area contributed by atoms with Crippen molar-refractivity contribution < 1.29 is 18.3 Å². The van der Waals surface area contributed by atoms with Crippen LogP contribution in [0.1, 0.15) is 43.7 Å². The molecule has 10 nitrogen and oxygen atoms in total. The van der Waals surface area contributed by atoms with E-state index in [-0.39, 0.29) is 34.7 Å². The lowest BCUT2D eigenvalue weighted by Gasteiger charge is -2.31. The summed E-state index contributed by atoms with van der Waals surface area (Å²) in [6.07, 6.45) is 11.3. The van der Waals surface area contributed by atoms with Crippen molar-refractivity contribution in [3.63, 3.8) is 0 Å². The zero-order valence-electron chi connectivity index (χ0n) is 27.5. The van der Waals surface area contributed by atoms with Gasteiger partial charge in [-0.2, -0.15) is 9.97 Å². The molecule has 1 atom stereocenters. The van der Waals surface area contributed by atoms with Crippen LogP contribution in [0.4, 0.5) is 10.2 Å². The van der Waals surface area contributed by atoms with E-state index >= 15 is 4.39 Å². The number of likely N-dealkylation sites (N-methyl/N-ethyl adjacent to an activating group) is 1. The summed E-state index contributed by atoms with van der Waals surface area (Å²) >= 11 is 6.63. The molecule has 252 valence electrons. The molecule has 0 aliphatic carbocycles. The van der Waals surface area contributed by atoms with Crippen LogP contribution in [0.25, 0.3) is 39.0 Å². The van der Waals surface area contributed by atoms with Gasteiger partial charge in [-0.05, 0) is 63.6 Å². The van der Waals surface area contributed by atoms with Crippen molar-refractivity contribution in [2.75, 3.05) is 44.7 Å². The number of hydrogen-bond donors (Lipinski definition) is 0. The third-order valence-electron chi connectivity index (χ3n) is 10.4. The van der Waals surface area contributed by atoms with E-state index < -0.39 is 5.82 Å². The number of nitrogens with zero attached hydrogens (tertiary/aromatic N) is 7. The van der Waals surface area contributed by atoms with Gasteiger partial charge >= 0.3 is 6.01 Å². The summed E-state index contributed by atoms with van der Waals surface area (Å²) in [5.74, 6) is 0.192. The van der Waals surface area contributed by atoms with Crippen molar-refractivity contribution in [3.05, 3.63) is 77.4 Å². The number of hydrogen-bond acceptors (Lipinski definition) is 9. The highest BCUT2D eigenvalue weighted by Crippen LogP contribution is 2.40. The van der Waals surface area contributed by atoms with Crippen LogP contribution in [-0.2, 0) is 4.79 Å². The summed E-state index contributed by atoms with van der Waals surface area (Å²) in [4.78, 5) is 37.8. The minimum absolute atomic E-state index is 0.0320. The molecule has 3 aliphatic rings. The topological polar surface area (TPSA) is 101 Å². The van der Waals surface area contributed by atoms with Crippen molar-refractivity contribution in [1.82, 2.24) is 29.7 Å². The van der Waals surface area contributed by atoms with Gasteiger partial charge in [-0.25, -0.2) is 9.37 Å². The van der Waals surface area contributed by atoms with Gasteiger partial charge in [0.05, 0.1) is 16.6 Å². The summed E-state index contributed by atoms with van der Waals surface area (Å²) in [6, 6.07) is 11.3. The molecule has 3 aliphatic heterocycles. The maximum atomic E-state index is 16.8. The summed E-state index contributed by atoms with van der Waals surface area (Å²) in [7, 11) is 1.92. The number of halogens is 2. The van der Waals surface area contributed by atoms with Crippen molar-refractivity contribution in [2.24, 2.45) is 0 Å². The largest absolute Gasteiger partial charge is 0.461 e. The van der Waals surface area contributed by atoms with Crippen LogP contribution in [0.15, 0.2) is 59.4 Å². The van der Waals surface area contributed by atoms with E-state index in [4.69, 9.17) is 25.7 Å². The Balaban J connectivity index is 1.14. The van der Waals surface area contributed by atoms with Crippen LogP contribution >= 0.6 is 11.6 Å². The molecular formula is C37H37ClFN7O3. The highest BCUT2D eigenvalue weighted by Gasteiger charge is 2.45. The van der Waals surface area contributed by atoms with Crippen LogP contribution in [0.2, 0.25) is 5.02 Å². The SMILES string of the molecule is Cc1coc(/C=C/C(=O)N2CCC(N(C)c3nc(OCC45CCCN4CCC5)nc4c(F)c(-c5cccc6cccc(Cl)c56)ncc34)C2)n1. The Bertz CT molecular complexity index is 2090. The molecule has 0 bridgehead atoms. The van der Waals surface area contributed by atoms with Gasteiger partial charge in [-0.15, -0.1) is 0 Å². The lowest BCUT2D eigenvalue weighted by Crippen LogP contribution is -2.43. The van der Waals surface area contributed by atoms with Gasteiger partial charge in [-0.3, -0.25) is 14.7 Å². The third-order valence-corrected chi connectivity index (χ3v) is 10.7. The Hall–Kier alpha value is -4.61. The number of amides is 1. The Kier molecular flexibility index (Phi) is 8.19. The quantitative estimate of drug-likeness (QED) is 0.166. The molecular weight excluding hydrogens is 645 g/mol. The van der Waals surface area contributed by atoms with Crippen molar-refractivity contribution in [1.29, 1.82) is 0 Å². The summed E-state index contributed by atoms with van der Waals surface area (Å²) in [5, 5.41) is 2.60. The molecule has 3 fully saturated rings. The van der Waals surface area contributed by atoms with E-state index in [0.29, 0.717) is 53.8 Å². The van der Waals surface area contributed by atoms with Crippen LogP contribution in [0.5, 0.6) is 6.01 Å². The first-order chi connectivity index (χ1) is 23.8. The molecule has 8 rings (SSSR count). The zero-order valence-corrected chi connectivity index (χ0v) is 28.3. The molecule has 3 saturated heterocycles. The highest BCUT2D eigenvalue weighted by molar-refractivity contribution is 6.36. The second-order valence-corrected chi connectivity index (χ2v) is 13.8. The van der Waals surface area contributed by atoms with E-state index in [0.717, 1.165) is 55.2 Å². The molecule has 0 radical (unpaired) electrons. The molecule has 5 aromatic rings. The number of fused-ring (bicyclic) bond motifs is 3. The fourth-order valence-corrected chi connectivity index (χ4v) is 8.11. The van der Waals surface area contributed by atoms with E-state index in [1.165, 1.54) is 6.08 Å². The van der Waals surface area contributed by atoms with Crippen LogP contribution in [-0.4, -0.2) is 87.1 Å². The van der Waals surface area contributed by atoms with E-state index in [2.05, 4.69) is 19.9 Å². The van der Waals surface area contributed by atoms with Gasteiger partial charge in [0.15, 0.2) is 5.82 Å². The lowest BCUT2D eigenvalue weighted by molar-refractivity contribution is -0.124. The molecule has 3 aromatic heterocycles. The van der Waals surface area contributed by atoms with E-state index in [1.807, 2.05) is 49.2 Å². The highest BCUT2D eigenvalue weighted by atomic mass is 35.5. The zero-order chi connectivity index (χ0) is 33.7. The number of carbonyl (C=O) groups excluding carboxylic acids is 1. The van der Waals surface area contributed by atoms with Crippen LogP contribution < -0.4 is 9.64 Å². The Morgan fingerprint density at radius 1 is 1.14 bits per heavy atom. The molecule has 0 spiro atoms. The number of pyridine rings is 1. The summed E-state index contributed by atoms with van der Waals surface area (Å²) in [5.41, 5.74) is 1.59. The number of aromatic nitrogens is 4. The maximum absolute atomic E-state index is 16.8. The number of rotatable bonds is 8. The monoisotopic (exact) mass is 681 g/mol. The normalized spacial score (nSPS) is 19.0. The first-order valence-electron chi connectivity index (χ1n) is 16.8. The minimum Gasteiger partial charge on any atom is -0.461 e. The molecule has 49 heavy (non-hydrogen) atoms. The average Bonchev–Trinajstić information content (AvgIpc) is 3.91. The first-order valence-corrected chi connectivity index (χ1v) is 17.2. The second-order valence-electron chi connectivity index (χ2n) is 13.4. The van der Waals surface area contributed by atoms with Gasteiger partial charge < -0.3 is 19.0 Å². The summed E-state index contributed by atoms with van der Waals surface area (Å²) < 4.78 is 28.6. The third kappa shape index (κ3) is 5.78. The van der Waals surface area contributed by atoms with E-state index in [1.54, 1.807) is 29.5 Å². The second kappa shape index (κ2) is 12.7. The van der Waals surface area contributed by atoms with Crippen molar-refractivity contribution in [2.45, 2.75) is 50.6 Å². The maximum Gasteiger partial charge on any atom is 0.319 e. The molecule has 6 heterocycles. The number of anilines is 1. The van der Waals surface area contributed by atoms with Gasteiger partial charge in [0, 0.05) is 60.5 Å². The molecule has 0 saturated carbocycles. The minimum atomic E-state index is -0.566. The predicted molar refractivity (Wildman–Crippen MR) is 187 cm³/mol. The fraction of sp³-hybridized carbons (Fsp3) is 0.378. The molecule has 2 aromatic carbocycles. The Morgan fingerprint density at radius 3 is 2.71 bits per heavy atom. The Morgan fingerprint density at radius 2 is 1.94 bits per heavy atom. The van der Waals surface area contributed by atoms with E-state index in [9.17, 15) is 4.79 Å². The van der Waals surface area contributed by atoms with Crippen molar-refractivity contribution in [3.8, 4) is 17.3 Å². The Labute approximate surface area is 288 Å². The van der Waals surface area contributed by atoms with Gasteiger partial charge in [-0.1, -0.05) is 41.9 Å². The number of likely N-dealkylation sites (tertiary alicyclic amines) is 1.